The molecule has 0 saturated carbocycles. The average molecular weight is 577 g/mol. The van der Waals surface area contributed by atoms with E-state index in [2.05, 4.69) is 14.6 Å². The Hall–Kier alpha value is -2.51. The number of hydrogen-bond acceptors (Lipinski definition) is 7. The summed E-state index contributed by atoms with van der Waals surface area (Å²) in [5.41, 5.74) is -1.32. The second kappa shape index (κ2) is 12.1. The van der Waals surface area contributed by atoms with Crippen LogP contribution >= 0.6 is 11.6 Å². The number of benzene rings is 2. The smallest absolute Gasteiger partial charge is 0.537 e. The maximum absolute atomic E-state index is 13.3. The molecule has 1 aromatic heterocycles. The van der Waals surface area contributed by atoms with E-state index in [1.807, 2.05) is 29.2 Å². The number of anilines is 2. The Morgan fingerprint density at radius 1 is 1.03 bits per heavy atom. The van der Waals surface area contributed by atoms with Gasteiger partial charge in [0.2, 0.25) is 0 Å². The van der Waals surface area contributed by atoms with Crippen LogP contribution in [0.15, 0.2) is 65.7 Å². The molecule has 4 rings (SSSR count). The third-order valence-corrected chi connectivity index (χ3v) is 7.25. The maximum Gasteiger partial charge on any atom is 1.00 e. The first kappa shape index (κ1) is 30.0. The van der Waals surface area contributed by atoms with Gasteiger partial charge in [0, 0.05) is 43.0 Å². The molecule has 14 heteroatoms. The van der Waals surface area contributed by atoms with Crippen molar-refractivity contribution in [3.8, 4) is 5.75 Å². The Morgan fingerprint density at radius 3 is 2.29 bits per heavy atom. The second-order valence-corrected chi connectivity index (χ2v) is 10.1. The van der Waals surface area contributed by atoms with Crippen molar-refractivity contribution in [1.29, 1.82) is 0 Å². The van der Waals surface area contributed by atoms with Crippen molar-refractivity contribution >= 4 is 39.0 Å². The van der Waals surface area contributed by atoms with Crippen LogP contribution in [-0.2, 0) is 16.2 Å². The van der Waals surface area contributed by atoms with Crippen molar-refractivity contribution in [2.75, 3.05) is 43.1 Å². The van der Waals surface area contributed by atoms with Crippen LogP contribution in [0.25, 0.3) is 4.72 Å². The van der Waals surface area contributed by atoms with Crippen LogP contribution in [0.3, 0.4) is 0 Å². The van der Waals surface area contributed by atoms with E-state index in [4.69, 9.17) is 16.3 Å². The Balaban J connectivity index is 0.00000400. The number of sulfonamides is 1. The van der Waals surface area contributed by atoms with E-state index < -0.39 is 38.1 Å². The number of aromatic nitrogens is 1. The number of alkyl halides is 3. The SMILES string of the molecule is COc1ccccc1N1CCN(c2ccc(S(=O)(=O)[N-]C(=O)c3ccc(Cl)cc3C(F)(F)F)cn2)CC1.[Na+]. The van der Waals surface area contributed by atoms with E-state index in [1.165, 1.54) is 12.1 Å². The number of pyridine rings is 1. The molecule has 2 heterocycles. The molecule has 196 valence electrons. The summed E-state index contributed by atoms with van der Waals surface area (Å²) >= 11 is 5.61. The van der Waals surface area contributed by atoms with E-state index in [0.29, 0.717) is 38.1 Å². The molecule has 38 heavy (non-hydrogen) atoms. The molecule has 1 aliphatic heterocycles. The summed E-state index contributed by atoms with van der Waals surface area (Å²) in [6.07, 6.45) is -3.89. The van der Waals surface area contributed by atoms with E-state index in [1.54, 1.807) is 7.11 Å². The van der Waals surface area contributed by atoms with E-state index >= 15 is 0 Å². The molecule has 8 nitrogen and oxygen atoms in total. The summed E-state index contributed by atoms with van der Waals surface area (Å²) in [5.74, 6) is -0.273. The molecule has 0 spiro atoms. The molecular weight excluding hydrogens is 556 g/mol. The molecule has 1 saturated heterocycles. The van der Waals surface area contributed by atoms with Crippen molar-refractivity contribution in [3.63, 3.8) is 0 Å². The first-order valence-electron chi connectivity index (χ1n) is 11.0. The molecule has 2 aromatic carbocycles. The van der Waals surface area contributed by atoms with Gasteiger partial charge < -0.3 is 24.1 Å². The molecule has 1 amide bonds. The average Bonchev–Trinajstić information content (AvgIpc) is 2.88. The van der Waals surface area contributed by atoms with Gasteiger partial charge in [-0.25, -0.2) is 13.4 Å². The predicted octanol–water partition coefficient (Wildman–Crippen LogP) is 2.00. The number of ether oxygens (including phenoxy) is 1. The third-order valence-electron chi connectivity index (χ3n) is 5.77. The van der Waals surface area contributed by atoms with Gasteiger partial charge >= 0.3 is 35.7 Å². The number of rotatable bonds is 6. The normalized spacial score (nSPS) is 14.0. The van der Waals surface area contributed by atoms with Crippen molar-refractivity contribution in [2.45, 2.75) is 11.1 Å². The number of halogens is 4. The monoisotopic (exact) mass is 576 g/mol. The molecule has 3 aromatic rings. The minimum Gasteiger partial charge on any atom is -0.537 e. The first-order valence-corrected chi connectivity index (χ1v) is 12.8. The van der Waals surface area contributed by atoms with Gasteiger partial charge in [0.05, 0.1) is 29.2 Å². The van der Waals surface area contributed by atoms with Crippen molar-refractivity contribution in [3.05, 3.63) is 81.7 Å². The second-order valence-electron chi connectivity index (χ2n) is 8.06. The number of carbonyl (C=O) groups is 1. The number of methoxy groups -OCH3 is 1. The van der Waals surface area contributed by atoms with Gasteiger partial charge in [-0.15, -0.1) is 0 Å². The molecule has 1 aliphatic rings. The summed E-state index contributed by atoms with van der Waals surface area (Å²) < 4.78 is 73.6. The fraction of sp³-hybridized carbons (Fsp3) is 0.250. The Morgan fingerprint density at radius 2 is 1.68 bits per heavy atom. The molecule has 0 unspecified atom stereocenters. The Labute approximate surface area is 245 Å². The van der Waals surface area contributed by atoms with Gasteiger partial charge in [0.25, 0.3) is 0 Å². The summed E-state index contributed by atoms with van der Waals surface area (Å²) in [6, 6.07) is 12.7. The van der Waals surface area contributed by atoms with Gasteiger partial charge in [-0.3, -0.25) is 0 Å². The summed E-state index contributed by atoms with van der Waals surface area (Å²) in [7, 11) is -3.00. The van der Waals surface area contributed by atoms with Crippen LogP contribution in [0.5, 0.6) is 5.75 Å². The zero-order valence-corrected chi connectivity index (χ0v) is 24.0. The van der Waals surface area contributed by atoms with Crippen molar-refractivity contribution in [1.82, 2.24) is 4.98 Å². The van der Waals surface area contributed by atoms with E-state index in [9.17, 15) is 26.4 Å². The Kier molecular flexibility index (Phi) is 9.58. The molecular formula is C24H21ClF3N4NaO4S. The van der Waals surface area contributed by atoms with Gasteiger partial charge in [-0.2, -0.15) is 13.2 Å². The zero-order chi connectivity index (χ0) is 26.8. The Bertz CT molecular complexity index is 1400. The van der Waals surface area contributed by atoms with Crippen LogP contribution in [0.2, 0.25) is 5.02 Å². The fourth-order valence-electron chi connectivity index (χ4n) is 3.93. The molecule has 0 aliphatic carbocycles. The van der Waals surface area contributed by atoms with E-state index in [-0.39, 0.29) is 34.6 Å². The van der Waals surface area contributed by atoms with Gasteiger partial charge in [-0.05, 0) is 36.4 Å². The third kappa shape index (κ3) is 6.73. The van der Waals surface area contributed by atoms with Crippen molar-refractivity contribution in [2.24, 2.45) is 0 Å². The molecule has 0 N–H and O–H groups in total. The quantitative estimate of drug-likeness (QED) is 0.414. The topological polar surface area (TPSA) is 93.9 Å². The minimum atomic E-state index is -4.92. The summed E-state index contributed by atoms with van der Waals surface area (Å²) in [6.45, 7) is 2.57. The number of amides is 1. The van der Waals surface area contributed by atoms with E-state index in [0.717, 1.165) is 29.8 Å². The number of piperazine rings is 1. The minimum absolute atomic E-state index is 0. The number of hydrogen-bond donors (Lipinski definition) is 0. The summed E-state index contributed by atoms with van der Waals surface area (Å²) in [4.78, 5) is 20.3. The van der Waals surface area contributed by atoms with Crippen LogP contribution in [0.1, 0.15) is 15.9 Å². The first-order chi connectivity index (χ1) is 17.5. The standard InChI is InChI=1S/C24H22ClF3N4O4S.Na/c1-36-21-5-3-2-4-20(21)31-10-12-32(13-11-31)22-9-7-17(15-29-22)37(34,35)30-23(33)18-8-6-16(25)14-19(18)24(26,27)28;/h2-9,14-15H,10-13H2,1H3,(H,30,33);/q;+1/p-1. The van der Waals surface area contributed by atoms with Crippen LogP contribution < -0.4 is 44.1 Å². The molecule has 1 fully saturated rings. The van der Waals surface area contributed by atoms with Gasteiger partial charge in [-0.1, -0.05) is 29.8 Å². The maximum atomic E-state index is 13.3. The predicted molar refractivity (Wildman–Crippen MR) is 133 cm³/mol. The van der Waals surface area contributed by atoms with Gasteiger partial charge in [0.1, 0.15) is 21.6 Å². The number of para-hydroxylation sites is 2. The van der Waals surface area contributed by atoms with Crippen LogP contribution in [-0.4, -0.2) is 52.6 Å². The van der Waals surface area contributed by atoms with Crippen LogP contribution in [0.4, 0.5) is 24.7 Å². The van der Waals surface area contributed by atoms with Crippen LogP contribution in [0, 0.1) is 0 Å². The van der Waals surface area contributed by atoms with Crippen molar-refractivity contribution < 1.29 is 60.7 Å². The largest absolute Gasteiger partial charge is 1.00 e. The summed E-state index contributed by atoms with van der Waals surface area (Å²) in [5, 5.41) is -0.254. The zero-order valence-electron chi connectivity index (χ0n) is 20.4. The van der Waals surface area contributed by atoms with Gasteiger partial charge in [0.15, 0.2) is 0 Å². The molecule has 0 bridgehead atoms. The fourth-order valence-corrected chi connectivity index (χ4v) is 4.95. The number of nitrogens with zero attached hydrogens (tertiary/aromatic N) is 4. The molecule has 0 atom stereocenters. The number of carbonyl (C=O) groups excluding carboxylic acids is 1. The molecule has 0 radical (unpaired) electrons.